The van der Waals surface area contributed by atoms with Gasteiger partial charge >= 0.3 is 5.97 Å². The van der Waals surface area contributed by atoms with Crippen LogP contribution in [0.1, 0.15) is 19.4 Å². The van der Waals surface area contributed by atoms with Gasteiger partial charge in [-0.25, -0.2) is 13.2 Å². The Balaban J connectivity index is 2.19. The van der Waals surface area contributed by atoms with Crippen LogP contribution < -0.4 is 10.5 Å². The molecule has 0 saturated heterocycles. The highest BCUT2D eigenvalue weighted by molar-refractivity contribution is 7.91. The molecular weight excluding hydrogens is 342 g/mol. The molecule has 2 aromatic rings. The summed E-state index contributed by atoms with van der Waals surface area (Å²) >= 11 is 0. The predicted molar refractivity (Wildman–Crippen MR) is 93.4 cm³/mol. The van der Waals surface area contributed by atoms with Crippen molar-refractivity contribution >= 4 is 15.8 Å². The summed E-state index contributed by atoms with van der Waals surface area (Å²) in [7, 11) is -3.65. The molecule has 0 aliphatic rings. The van der Waals surface area contributed by atoms with Gasteiger partial charge in [-0.15, -0.1) is 0 Å². The van der Waals surface area contributed by atoms with E-state index in [0.29, 0.717) is 12.2 Å². The van der Waals surface area contributed by atoms with Crippen molar-refractivity contribution < 1.29 is 23.1 Å². The molecule has 0 fully saturated rings. The molecule has 0 atom stereocenters. The van der Waals surface area contributed by atoms with E-state index in [4.69, 9.17) is 15.6 Å². The van der Waals surface area contributed by atoms with Gasteiger partial charge in [-0.2, -0.15) is 0 Å². The Morgan fingerprint density at radius 2 is 1.52 bits per heavy atom. The van der Waals surface area contributed by atoms with E-state index in [1.165, 1.54) is 24.3 Å². The van der Waals surface area contributed by atoms with Gasteiger partial charge in [0.25, 0.3) is 0 Å². The Labute approximate surface area is 147 Å². The molecule has 0 aliphatic carbocycles. The molecule has 2 aromatic carbocycles. The van der Waals surface area contributed by atoms with Crippen LogP contribution in [0.25, 0.3) is 0 Å². The Kier molecular flexibility index (Phi) is 5.49. The molecule has 0 aromatic heterocycles. The number of rotatable bonds is 7. The van der Waals surface area contributed by atoms with Gasteiger partial charge < -0.3 is 15.6 Å². The standard InChI is InChI=1S/C18H21NO5S/c1-18(2,19)11-13-3-7-15(8-4-13)25(22,23)16-9-5-14(6-10-16)24-12-17(20)21/h3-10H,11-12,19H2,1-2H3,(H,20,21). The summed E-state index contributed by atoms with van der Waals surface area (Å²) in [5, 5.41) is 8.57. The maximum atomic E-state index is 12.6. The van der Waals surface area contributed by atoms with Gasteiger partial charge in [-0.3, -0.25) is 0 Å². The average Bonchev–Trinajstić information content (AvgIpc) is 2.52. The monoisotopic (exact) mass is 363 g/mol. The minimum Gasteiger partial charge on any atom is -0.482 e. The molecule has 0 saturated carbocycles. The Hall–Kier alpha value is -2.38. The molecule has 0 spiro atoms. The predicted octanol–water partition coefficient (Wildman–Crippen LogP) is 2.26. The molecule has 0 aliphatic heterocycles. The zero-order valence-electron chi connectivity index (χ0n) is 14.1. The van der Waals surface area contributed by atoms with Gasteiger partial charge in [0.15, 0.2) is 6.61 Å². The van der Waals surface area contributed by atoms with Crippen LogP contribution in [-0.2, 0) is 21.1 Å². The Bertz CT molecular complexity index is 835. The first kappa shape index (κ1) is 19.0. The van der Waals surface area contributed by atoms with Crippen LogP contribution in [0.15, 0.2) is 58.3 Å². The first-order chi connectivity index (χ1) is 11.6. The van der Waals surface area contributed by atoms with Gasteiger partial charge in [0, 0.05) is 5.54 Å². The first-order valence-corrected chi connectivity index (χ1v) is 9.14. The third kappa shape index (κ3) is 5.30. The molecule has 0 heterocycles. The van der Waals surface area contributed by atoms with Crippen LogP contribution in [0.3, 0.4) is 0 Å². The van der Waals surface area contributed by atoms with Crippen molar-refractivity contribution in [2.24, 2.45) is 5.73 Å². The van der Waals surface area contributed by atoms with Crippen molar-refractivity contribution in [2.75, 3.05) is 6.61 Å². The summed E-state index contributed by atoms with van der Waals surface area (Å²) in [6.07, 6.45) is 0.642. The normalized spacial score (nSPS) is 12.0. The average molecular weight is 363 g/mol. The van der Waals surface area contributed by atoms with Crippen LogP contribution in [0, 0.1) is 0 Å². The van der Waals surface area contributed by atoms with Crippen molar-refractivity contribution in [1.29, 1.82) is 0 Å². The third-order valence-electron chi connectivity index (χ3n) is 3.39. The number of sulfone groups is 1. The van der Waals surface area contributed by atoms with Crippen molar-refractivity contribution in [2.45, 2.75) is 35.6 Å². The van der Waals surface area contributed by atoms with Crippen LogP contribution in [0.2, 0.25) is 0 Å². The summed E-state index contributed by atoms with van der Waals surface area (Å²) in [5.74, 6) is -0.806. The Morgan fingerprint density at radius 3 is 1.96 bits per heavy atom. The second kappa shape index (κ2) is 7.25. The van der Waals surface area contributed by atoms with Crippen molar-refractivity contribution in [3.05, 3.63) is 54.1 Å². The van der Waals surface area contributed by atoms with Gasteiger partial charge in [0.2, 0.25) is 9.84 Å². The van der Waals surface area contributed by atoms with Crippen molar-refractivity contribution in [3.8, 4) is 5.75 Å². The van der Waals surface area contributed by atoms with E-state index in [1.807, 2.05) is 13.8 Å². The lowest BCUT2D eigenvalue weighted by molar-refractivity contribution is -0.139. The molecule has 2 rings (SSSR count). The summed E-state index contributed by atoms with van der Waals surface area (Å²) < 4.78 is 30.3. The number of nitrogens with two attached hydrogens (primary N) is 1. The lowest BCUT2D eigenvalue weighted by atomic mass is 9.96. The lowest BCUT2D eigenvalue weighted by Crippen LogP contribution is -2.34. The Morgan fingerprint density at radius 1 is 1.04 bits per heavy atom. The number of hydrogen-bond acceptors (Lipinski definition) is 5. The molecule has 0 radical (unpaired) electrons. The molecule has 25 heavy (non-hydrogen) atoms. The second-order valence-corrected chi connectivity index (χ2v) is 8.42. The summed E-state index contributed by atoms with van der Waals surface area (Å²) in [6, 6.07) is 12.3. The number of benzene rings is 2. The summed E-state index contributed by atoms with van der Waals surface area (Å²) in [4.78, 5) is 10.8. The highest BCUT2D eigenvalue weighted by atomic mass is 32.2. The number of ether oxygens (including phenoxy) is 1. The highest BCUT2D eigenvalue weighted by Gasteiger charge is 2.18. The number of carboxylic acids is 1. The number of carbonyl (C=O) groups is 1. The minimum absolute atomic E-state index is 0.113. The van der Waals surface area contributed by atoms with E-state index in [-0.39, 0.29) is 15.3 Å². The van der Waals surface area contributed by atoms with Crippen LogP contribution >= 0.6 is 0 Å². The molecule has 0 amide bonds. The topological polar surface area (TPSA) is 107 Å². The summed E-state index contributed by atoms with van der Waals surface area (Å²) in [6.45, 7) is 3.34. The zero-order chi connectivity index (χ0) is 18.7. The number of aliphatic carboxylic acids is 1. The SMILES string of the molecule is CC(C)(N)Cc1ccc(S(=O)(=O)c2ccc(OCC(=O)O)cc2)cc1. The zero-order valence-corrected chi connectivity index (χ0v) is 14.9. The van der Waals surface area contributed by atoms with E-state index in [0.717, 1.165) is 5.56 Å². The van der Waals surface area contributed by atoms with E-state index >= 15 is 0 Å². The quantitative estimate of drug-likeness (QED) is 0.781. The van der Waals surface area contributed by atoms with Gasteiger partial charge in [-0.1, -0.05) is 12.1 Å². The smallest absolute Gasteiger partial charge is 0.341 e. The lowest BCUT2D eigenvalue weighted by Gasteiger charge is -2.18. The number of hydrogen-bond donors (Lipinski definition) is 2. The first-order valence-electron chi connectivity index (χ1n) is 7.65. The van der Waals surface area contributed by atoms with E-state index in [9.17, 15) is 13.2 Å². The van der Waals surface area contributed by atoms with E-state index in [1.54, 1.807) is 24.3 Å². The third-order valence-corrected chi connectivity index (χ3v) is 5.18. The molecule has 0 unspecified atom stereocenters. The van der Waals surface area contributed by atoms with Crippen LogP contribution in [0.5, 0.6) is 5.75 Å². The summed E-state index contributed by atoms with van der Waals surface area (Å²) in [5.41, 5.74) is 6.57. The van der Waals surface area contributed by atoms with E-state index < -0.39 is 22.4 Å². The van der Waals surface area contributed by atoms with E-state index in [2.05, 4.69) is 0 Å². The largest absolute Gasteiger partial charge is 0.482 e. The van der Waals surface area contributed by atoms with Crippen LogP contribution in [-0.4, -0.2) is 31.6 Å². The maximum Gasteiger partial charge on any atom is 0.341 e. The van der Waals surface area contributed by atoms with Gasteiger partial charge in [0.1, 0.15) is 5.75 Å². The molecular formula is C18H21NO5S. The number of carboxylic acid groups (broad SMARTS) is 1. The molecule has 0 bridgehead atoms. The van der Waals surface area contributed by atoms with Gasteiger partial charge in [0.05, 0.1) is 9.79 Å². The van der Waals surface area contributed by atoms with Gasteiger partial charge in [-0.05, 0) is 62.2 Å². The molecule has 7 heteroatoms. The highest BCUT2D eigenvalue weighted by Crippen LogP contribution is 2.24. The fourth-order valence-electron chi connectivity index (χ4n) is 2.31. The second-order valence-electron chi connectivity index (χ2n) is 6.47. The van der Waals surface area contributed by atoms with Crippen molar-refractivity contribution in [1.82, 2.24) is 0 Å². The maximum absolute atomic E-state index is 12.6. The molecule has 6 nitrogen and oxygen atoms in total. The van der Waals surface area contributed by atoms with Crippen LogP contribution in [0.4, 0.5) is 0 Å². The minimum atomic E-state index is -3.65. The molecule has 134 valence electrons. The molecule has 3 N–H and O–H groups in total. The fourth-order valence-corrected chi connectivity index (χ4v) is 3.57. The fraction of sp³-hybridized carbons (Fsp3) is 0.278. The van der Waals surface area contributed by atoms with Crippen molar-refractivity contribution in [3.63, 3.8) is 0 Å².